The van der Waals surface area contributed by atoms with E-state index >= 15 is 0 Å². The number of pyridine rings is 1. The third-order valence-electron chi connectivity index (χ3n) is 3.16. The monoisotopic (exact) mass is 345 g/mol. The second-order valence-electron chi connectivity index (χ2n) is 5.12. The van der Waals surface area contributed by atoms with Gasteiger partial charge in [0.2, 0.25) is 15.9 Å². The molecule has 1 amide bonds. The molecule has 0 saturated heterocycles. The minimum Gasteiger partial charge on any atom is -0.351 e. The topological polar surface area (TPSA) is 88.2 Å². The summed E-state index contributed by atoms with van der Waals surface area (Å²) in [5.74, 6) is -0.298. The van der Waals surface area contributed by atoms with E-state index in [0.29, 0.717) is 0 Å². The molecular weight excluding hydrogens is 326 g/mol. The molecule has 7 heteroatoms. The molecule has 1 aromatic heterocycles. The Balaban J connectivity index is 1.77. The Morgan fingerprint density at radius 3 is 2.58 bits per heavy atom. The van der Waals surface area contributed by atoms with Gasteiger partial charge in [0.1, 0.15) is 0 Å². The molecular formula is C17H19N3O3S. The molecule has 0 fully saturated rings. The third kappa shape index (κ3) is 5.60. The summed E-state index contributed by atoms with van der Waals surface area (Å²) in [5, 5.41) is 2.61. The second-order valence-corrected chi connectivity index (χ2v) is 6.89. The summed E-state index contributed by atoms with van der Waals surface area (Å²) in [7, 11) is -3.56. The van der Waals surface area contributed by atoms with Gasteiger partial charge >= 0.3 is 0 Å². The van der Waals surface area contributed by atoms with Crippen LogP contribution in [0.15, 0.2) is 59.8 Å². The molecule has 2 rings (SSSR count). The summed E-state index contributed by atoms with van der Waals surface area (Å²) in [6.07, 6.45) is 6.31. The van der Waals surface area contributed by atoms with E-state index in [1.54, 1.807) is 48.8 Å². The zero-order valence-electron chi connectivity index (χ0n) is 13.3. The first-order chi connectivity index (χ1) is 11.5. The van der Waals surface area contributed by atoms with Crippen LogP contribution in [-0.2, 0) is 14.8 Å². The third-order valence-corrected chi connectivity index (χ3v) is 4.64. The van der Waals surface area contributed by atoms with Gasteiger partial charge < -0.3 is 5.32 Å². The van der Waals surface area contributed by atoms with E-state index in [2.05, 4.69) is 15.0 Å². The van der Waals surface area contributed by atoms with E-state index in [0.717, 1.165) is 11.1 Å². The number of carbonyl (C=O) groups excluding carboxylic acids is 1. The summed E-state index contributed by atoms with van der Waals surface area (Å²) < 4.78 is 26.6. The van der Waals surface area contributed by atoms with Crippen LogP contribution in [0.4, 0.5) is 0 Å². The van der Waals surface area contributed by atoms with Gasteiger partial charge in [-0.1, -0.05) is 23.8 Å². The fourth-order valence-electron chi connectivity index (χ4n) is 1.88. The Bertz CT molecular complexity index is 801. The van der Waals surface area contributed by atoms with Crippen LogP contribution in [0.25, 0.3) is 6.08 Å². The SMILES string of the molecule is Cc1ccc(S(=O)(=O)NCCNC(=O)/C=C/c2cccnc2)cc1. The maximum atomic E-state index is 12.1. The predicted molar refractivity (Wildman–Crippen MR) is 92.6 cm³/mol. The number of sulfonamides is 1. The normalized spacial score (nSPS) is 11.5. The van der Waals surface area contributed by atoms with Gasteiger partial charge in [-0.2, -0.15) is 0 Å². The Kier molecular flexibility index (Phi) is 6.22. The Morgan fingerprint density at radius 2 is 1.92 bits per heavy atom. The number of amides is 1. The number of aromatic nitrogens is 1. The van der Waals surface area contributed by atoms with Crippen LogP contribution in [0.2, 0.25) is 0 Å². The Hall–Kier alpha value is -2.51. The predicted octanol–water partition coefficient (Wildman–Crippen LogP) is 1.50. The molecule has 1 heterocycles. The van der Waals surface area contributed by atoms with Crippen molar-refractivity contribution in [3.8, 4) is 0 Å². The maximum Gasteiger partial charge on any atom is 0.244 e. The molecule has 0 aliphatic heterocycles. The standard InChI is InChI=1S/C17H19N3O3S/c1-14-4-7-16(8-5-14)24(22,23)20-12-11-19-17(21)9-6-15-3-2-10-18-13-15/h2-10,13,20H,11-12H2,1H3,(H,19,21)/b9-6+. The summed E-state index contributed by atoms with van der Waals surface area (Å²) in [6.45, 7) is 2.20. The van der Waals surface area contributed by atoms with Crippen molar-refractivity contribution in [1.29, 1.82) is 0 Å². The number of nitrogens with one attached hydrogen (secondary N) is 2. The molecule has 6 nitrogen and oxygen atoms in total. The molecule has 2 N–H and O–H groups in total. The van der Waals surface area contributed by atoms with Crippen LogP contribution in [0, 0.1) is 6.92 Å². The molecule has 2 aromatic rings. The lowest BCUT2D eigenvalue weighted by molar-refractivity contribution is -0.116. The molecule has 0 atom stereocenters. The van der Waals surface area contributed by atoms with E-state index in [-0.39, 0.29) is 23.9 Å². The molecule has 1 aromatic carbocycles. The van der Waals surface area contributed by atoms with Gasteiger partial charge in [-0.15, -0.1) is 0 Å². The van der Waals surface area contributed by atoms with E-state index < -0.39 is 10.0 Å². The molecule has 0 aliphatic carbocycles. The van der Waals surface area contributed by atoms with Crippen molar-refractivity contribution in [3.05, 3.63) is 66.0 Å². The summed E-state index contributed by atoms with van der Waals surface area (Å²) in [6, 6.07) is 10.2. The highest BCUT2D eigenvalue weighted by molar-refractivity contribution is 7.89. The number of nitrogens with zero attached hydrogens (tertiary/aromatic N) is 1. The Labute approximate surface area is 141 Å². The van der Waals surface area contributed by atoms with Gasteiger partial charge in [0, 0.05) is 31.6 Å². The number of rotatable bonds is 7. The summed E-state index contributed by atoms with van der Waals surface area (Å²) >= 11 is 0. The number of hydrogen-bond acceptors (Lipinski definition) is 4. The molecule has 0 radical (unpaired) electrons. The van der Waals surface area contributed by atoms with Crippen LogP contribution >= 0.6 is 0 Å². The summed E-state index contributed by atoms with van der Waals surface area (Å²) in [5.41, 5.74) is 1.80. The first-order valence-electron chi connectivity index (χ1n) is 7.40. The molecule has 24 heavy (non-hydrogen) atoms. The maximum absolute atomic E-state index is 12.1. The fourth-order valence-corrected chi connectivity index (χ4v) is 2.91. The first-order valence-corrected chi connectivity index (χ1v) is 8.88. The van der Waals surface area contributed by atoms with Gasteiger partial charge in [0.15, 0.2) is 0 Å². The number of benzene rings is 1. The highest BCUT2D eigenvalue weighted by Crippen LogP contribution is 2.09. The van der Waals surface area contributed by atoms with Crippen LogP contribution in [0.3, 0.4) is 0 Å². The van der Waals surface area contributed by atoms with Gasteiger partial charge in [-0.25, -0.2) is 13.1 Å². The van der Waals surface area contributed by atoms with Crippen molar-refractivity contribution >= 4 is 22.0 Å². The molecule has 0 spiro atoms. The minimum absolute atomic E-state index is 0.114. The lowest BCUT2D eigenvalue weighted by atomic mass is 10.2. The van der Waals surface area contributed by atoms with Crippen molar-refractivity contribution in [2.75, 3.05) is 13.1 Å². The van der Waals surface area contributed by atoms with Gasteiger partial charge in [0.25, 0.3) is 0 Å². The zero-order chi connectivity index (χ0) is 17.4. The van der Waals surface area contributed by atoms with Crippen molar-refractivity contribution in [2.24, 2.45) is 0 Å². The van der Waals surface area contributed by atoms with Crippen molar-refractivity contribution in [3.63, 3.8) is 0 Å². The molecule has 0 bridgehead atoms. The molecule has 0 saturated carbocycles. The molecule has 126 valence electrons. The lowest BCUT2D eigenvalue weighted by Crippen LogP contribution is -2.34. The Morgan fingerprint density at radius 1 is 1.17 bits per heavy atom. The van der Waals surface area contributed by atoms with Crippen molar-refractivity contribution in [1.82, 2.24) is 15.0 Å². The van der Waals surface area contributed by atoms with Crippen LogP contribution in [-0.4, -0.2) is 32.4 Å². The number of carbonyl (C=O) groups is 1. The zero-order valence-corrected chi connectivity index (χ0v) is 14.1. The van der Waals surface area contributed by atoms with Gasteiger partial charge in [-0.3, -0.25) is 9.78 Å². The number of hydrogen-bond donors (Lipinski definition) is 2. The highest BCUT2D eigenvalue weighted by atomic mass is 32.2. The van der Waals surface area contributed by atoms with E-state index in [9.17, 15) is 13.2 Å². The van der Waals surface area contributed by atoms with Gasteiger partial charge in [0.05, 0.1) is 4.90 Å². The van der Waals surface area contributed by atoms with Crippen LogP contribution in [0.5, 0.6) is 0 Å². The lowest BCUT2D eigenvalue weighted by Gasteiger charge is -2.07. The minimum atomic E-state index is -3.56. The summed E-state index contributed by atoms with van der Waals surface area (Å²) in [4.78, 5) is 15.8. The highest BCUT2D eigenvalue weighted by Gasteiger charge is 2.12. The molecule has 0 unspecified atom stereocenters. The van der Waals surface area contributed by atoms with Crippen LogP contribution in [0.1, 0.15) is 11.1 Å². The van der Waals surface area contributed by atoms with Crippen molar-refractivity contribution < 1.29 is 13.2 Å². The second kappa shape index (κ2) is 8.37. The first kappa shape index (κ1) is 17.8. The average Bonchev–Trinajstić information content (AvgIpc) is 2.58. The van der Waals surface area contributed by atoms with E-state index in [4.69, 9.17) is 0 Å². The fraction of sp³-hybridized carbons (Fsp3) is 0.176. The average molecular weight is 345 g/mol. The largest absolute Gasteiger partial charge is 0.351 e. The van der Waals surface area contributed by atoms with E-state index in [1.807, 2.05) is 13.0 Å². The van der Waals surface area contributed by atoms with Crippen LogP contribution < -0.4 is 10.0 Å². The molecule has 0 aliphatic rings. The van der Waals surface area contributed by atoms with Gasteiger partial charge in [-0.05, 0) is 36.8 Å². The quantitative estimate of drug-likeness (QED) is 0.588. The number of aryl methyl sites for hydroxylation is 1. The smallest absolute Gasteiger partial charge is 0.244 e. The van der Waals surface area contributed by atoms with Crippen molar-refractivity contribution in [2.45, 2.75) is 11.8 Å². The van der Waals surface area contributed by atoms with E-state index in [1.165, 1.54) is 6.08 Å².